The van der Waals surface area contributed by atoms with Gasteiger partial charge < -0.3 is 25.2 Å². The van der Waals surface area contributed by atoms with Crippen molar-refractivity contribution in [2.45, 2.75) is 378 Å². The van der Waals surface area contributed by atoms with Crippen LogP contribution in [0.4, 0.5) is 0 Å². The lowest BCUT2D eigenvalue weighted by Gasteiger charge is -2.18. The molecule has 5 aliphatic rings. The Morgan fingerprint density at radius 3 is 1.20 bits per heavy atom. The van der Waals surface area contributed by atoms with Crippen molar-refractivity contribution in [3.63, 3.8) is 0 Å². The monoisotopic (exact) mass is 1190 g/mol. The summed E-state index contributed by atoms with van der Waals surface area (Å²) in [5, 5.41) is 39.1. The van der Waals surface area contributed by atoms with Crippen LogP contribution in [0.2, 0.25) is 0 Å². The fraction of sp³-hybridized carbons (Fsp3) is 0.810. The number of carbonyl (C=O) groups is 1. The van der Waals surface area contributed by atoms with Gasteiger partial charge in [0.15, 0.2) is 0 Å². The van der Waals surface area contributed by atoms with Crippen molar-refractivity contribution in [1.29, 1.82) is 0 Å². The third-order valence-corrected chi connectivity index (χ3v) is 19.6. The Kier molecular flexibility index (Phi) is 48.5. The van der Waals surface area contributed by atoms with Crippen LogP contribution in [-0.2, 0) is 9.53 Å². The molecule has 85 heavy (non-hydrogen) atoms. The molecule has 4 aliphatic carbocycles. The molecule has 1 saturated heterocycles. The number of rotatable bonds is 34. The quantitative estimate of drug-likeness (QED) is 0.0291. The van der Waals surface area contributed by atoms with Crippen LogP contribution in [0.5, 0.6) is 0 Å². The van der Waals surface area contributed by atoms with Gasteiger partial charge in [0, 0.05) is 6.42 Å². The zero-order chi connectivity index (χ0) is 63.2. The lowest BCUT2D eigenvalue weighted by atomic mass is 9.90. The standard InChI is InChI=1S/C20H34O.C16H32O.C16H28O.C15H26O.C12H22O2/c1-16(2)8-5-9-17(3)10-6-11-18(4)14-15-19-12-7-13-20(19)21;2*1-4-13(2)7-5-8-14(3)11-12-15-9-6-10-16(15)17;1-12(2)6-4-7-13(3)10-11-14-8-5-9-15(14)16;1-2-3-4-5-6-7-8-11-9-10-12(13)14-11/h8,10,14,19-21H,5-7,9,11-13,15H2,1-4H3;13-17H,4-12H2,1-3H3;7,11,15-17H,4-6,8-10,12H2,1-3H3;6,10,14-16H,4-5,7-9,11H2,1-3H3;11H,2-10H2,1H3/b17-10+,18-14+;;13-7+,14-11+;13-10+;. The molecule has 4 saturated carbocycles. The van der Waals surface area contributed by atoms with Gasteiger partial charge in [-0.15, -0.1) is 0 Å². The van der Waals surface area contributed by atoms with Crippen LogP contribution < -0.4 is 0 Å². The Balaban J connectivity index is 0.000000534. The molecule has 5 fully saturated rings. The fourth-order valence-corrected chi connectivity index (χ4v) is 12.7. The maximum atomic E-state index is 10.8. The topological polar surface area (TPSA) is 107 Å². The minimum atomic E-state index is -0.0498. The maximum absolute atomic E-state index is 10.8. The van der Waals surface area contributed by atoms with Gasteiger partial charge in [0.05, 0.1) is 24.4 Å². The van der Waals surface area contributed by atoms with Gasteiger partial charge in [0.1, 0.15) is 6.10 Å². The van der Waals surface area contributed by atoms with E-state index < -0.39 is 0 Å². The molecule has 0 radical (unpaired) electrons. The SMILES string of the molecule is CC(C)=CCC/C(C)=C/CC/C(C)=C/CC1CCCC1O.CC(C)=CCC/C(C)=C/CC1CCCC1O.CC/C(C)=C/CC/C(C)=C/CC1CCCC1O.CCC(C)CCCC(C)CCC1CCCC1O.CCCCCCCCC1CCC(=O)O1. The number of esters is 1. The van der Waals surface area contributed by atoms with E-state index in [1.165, 1.54) is 187 Å². The molecule has 11 unspecified atom stereocenters. The van der Waals surface area contributed by atoms with E-state index in [4.69, 9.17) is 4.74 Å². The van der Waals surface area contributed by atoms with Crippen molar-refractivity contribution < 1.29 is 30.0 Å². The summed E-state index contributed by atoms with van der Waals surface area (Å²) in [5.74, 6) is 3.94. The van der Waals surface area contributed by atoms with Crippen molar-refractivity contribution in [1.82, 2.24) is 0 Å². The minimum absolute atomic E-state index is 0.000910. The molecule has 0 aromatic carbocycles. The second-order valence-corrected chi connectivity index (χ2v) is 28.4. The lowest BCUT2D eigenvalue weighted by molar-refractivity contribution is -0.141. The maximum Gasteiger partial charge on any atom is 0.306 e. The van der Waals surface area contributed by atoms with E-state index in [1.807, 2.05) is 0 Å². The molecule has 6 nitrogen and oxygen atoms in total. The average Bonchev–Trinajstić information content (AvgIpc) is 4.41. The van der Waals surface area contributed by atoms with E-state index >= 15 is 0 Å². The highest BCUT2D eigenvalue weighted by Gasteiger charge is 2.27. The normalized spacial score (nSPS) is 25.1. The second kappa shape index (κ2) is 51.3. The molecule has 494 valence electrons. The Labute approximate surface area is 528 Å². The summed E-state index contributed by atoms with van der Waals surface area (Å²) in [4.78, 5) is 10.8. The van der Waals surface area contributed by atoms with E-state index in [0.717, 1.165) is 108 Å². The third kappa shape index (κ3) is 43.7. The van der Waals surface area contributed by atoms with Crippen molar-refractivity contribution in [3.8, 4) is 0 Å². The summed E-state index contributed by atoms with van der Waals surface area (Å²) in [6.45, 7) is 31.2. The summed E-state index contributed by atoms with van der Waals surface area (Å²) in [6.07, 6.45) is 62.6. The molecule has 1 heterocycles. The van der Waals surface area contributed by atoms with Gasteiger partial charge in [0.2, 0.25) is 0 Å². The van der Waals surface area contributed by atoms with Gasteiger partial charge in [-0.2, -0.15) is 0 Å². The number of unbranched alkanes of at least 4 members (excludes halogenated alkanes) is 5. The fourth-order valence-electron chi connectivity index (χ4n) is 12.7. The van der Waals surface area contributed by atoms with Crippen molar-refractivity contribution in [3.05, 3.63) is 81.5 Å². The predicted molar refractivity (Wildman–Crippen MR) is 371 cm³/mol. The lowest BCUT2D eigenvalue weighted by Crippen LogP contribution is -2.14. The van der Waals surface area contributed by atoms with Crippen LogP contribution in [-0.4, -0.2) is 56.9 Å². The van der Waals surface area contributed by atoms with Crippen molar-refractivity contribution in [2.24, 2.45) is 35.5 Å². The number of ether oxygens (including phenoxy) is 1. The highest BCUT2D eigenvalue weighted by atomic mass is 16.5. The Hall–Kier alpha value is -2.51. The number of allylic oxidation sites excluding steroid dienone is 14. The number of carbonyl (C=O) groups excluding carboxylic acids is 1. The van der Waals surface area contributed by atoms with Crippen molar-refractivity contribution >= 4 is 5.97 Å². The molecule has 0 spiro atoms. The van der Waals surface area contributed by atoms with Gasteiger partial charge >= 0.3 is 5.97 Å². The molecule has 0 aromatic rings. The van der Waals surface area contributed by atoms with E-state index in [2.05, 4.69) is 139 Å². The molecule has 0 amide bonds. The largest absolute Gasteiger partial charge is 0.462 e. The van der Waals surface area contributed by atoms with Crippen molar-refractivity contribution in [2.75, 3.05) is 0 Å². The number of aliphatic hydroxyl groups is 4. The first kappa shape index (κ1) is 80.5. The summed E-state index contributed by atoms with van der Waals surface area (Å²) >= 11 is 0. The summed E-state index contributed by atoms with van der Waals surface area (Å²) < 4.78 is 5.15. The molecule has 5 rings (SSSR count). The van der Waals surface area contributed by atoms with E-state index in [9.17, 15) is 25.2 Å². The van der Waals surface area contributed by atoms with Crippen LogP contribution in [0, 0.1) is 35.5 Å². The summed E-state index contributed by atoms with van der Waals surface area (Å²) in [5.41, 5.74) is 10.2. The first-order valence-electron chi connectivity index (χ1n) is 36.1. The predicted octanol–water partition coefficient (Wildman–Crippen LogP) is 23.0. The molecule has 0 bridgehead atoms. The van der Waals surface area contributed by atoms with Crippen LogP contribution >= 0.6 is 0 Å². The number of hydrogen-bond acceptors (Lipinski definition) is 6. The first-order chi connectivity index (χ1) is 40.7. The van der Waals surface area contributed by atoms with Gasteiger partial charge in [-0.1, -0.05) is 206 Å². The smallest absolute Gasteiger partial charge is 0.306 e. The molecule has 0 aromatic heterocycles. The second-order valence-electron chi connectivity index (χ2n) is 28.4. The Morgan fingerprint density at radius 2 is 0.824 bits per heavy atom. The molecule has 11 atom stereocenters. The average molecular weight is 1190 g/mol. The van der Waals surface area contributed by atoms with Crippen LogP contribution in [0.1, 0.15) is 347 Å². The van der Waals surface area contributed by atoms with Crippen LogP contribution in [0.3, 0.4) is 0 Å². The molecule has 6 heteroatoms. The highest BCUT2D eigenvalue weighted by Crippen LogP contribution is 2.33. The highest BCUT2D eigenvalue weighted by molar-refractivity contribution is 5.71. The van der Waals surface area contributed by atoms with Crippen LogP contribution in [0.15, 0.2) is 81.5 Å². The third-order valence-electron chi connectivity index (χ3n) is 19.6. The molecular formula is C79H142O6. The number of hydrogen-bond donors (Lipinski definition) is 4. The molecule has 4 N–H and O–H groups in total. The summed E-state index contributed by atoms with van der Waals surface area (Å²) in [6, 6.07) is 0. The van der Waals surface area contributed by atoms with E-state index in [-0.39, 0.29) is 36.5 Å². The number of aliphatic hydroxyl groups excluding tert-OH is 4. The van der Waals surface area contributed by atoms with Gasteiger partial charge in [-0.3, -0.25) is 4.79 Å². The number of cyclic esters (lactones) is 1. The van der Waals surface area contributed by atoms with E-state index in [0.29, 0.717) is 30.1 Å². The minimum Gasteiger partial charge on any atom is -0.462 e. The zero-order valence-electron chi connectivity index (χ0n) is 58.6. The molecule has 1 aliphatic heterocycles. The molecular weight excluding hydrogens is 1040 g/mol. The summed E-state index contributed by atoms with van der Waals surface area (Å²) in [7, 11) is 0. The van der Waals surface area contributed by atoms with Crippen LogP contribution in [0.25, 0.3) is 0 Å². The van der Waals surface area contributed by atoms with Gasteiger partial charge in [0.25, 0.3) is 0 Å². The zero-order valence-corrected chi connectivity index (χ0v) is 58.6. The Bertz CT molecular complexity index is 1890. The van der Waals surface area contributed by atoms with Gasteiger partial charge in [-0.05, 0) is 252 Å². The van der Waals surface area contributed by atoms with Gasteiger partial charge in [-0.25, -0.2) is 0 Å². The van der Waals surface area contributed by atoms with E-state index in [1.54, 1.807) is 0 Å². The first-order valence-corrected chi connectivity index (χ1v) is 36.1. The Morgan fingerprint density at radius 1 is 0.435 bits per heavy atom.